The molecular weight excluding hydrogens is 365 g/mol. The molecule has 3 rings (SSSR count). The van der Waals surface area contributed by atoms with Crippen molar-refractivity contribution in [3.63, 3.8) is 0 Å². The van der Waals surface area contributed by atoms with Crippen LogP contribution in [-0.2, 0) is 6.18 Å². The van der Waals surface area contributed by atoms with E-state index >= 15 is 0 Å². The fourth-order valence-corrected chi connectivity index (χ4v) is 2.88. The Morgan fingerprint density at radius 3 is 2.52 bits per heavy atom. The topological polar surface area (TPSA) is 20.7 Å². The van der Waals surface area contributed by atoms with E-state index in [-0.39, 0.29) is 0 Å². The van der Waals surface area contributed by atoms with Gasteiger partial charge in [-0.3, -0.25) is 4.57 Å². The fraction of sp³-hybridized carbons (Fsp3) is 0.0714. The second-order valence-electron chi connectivity index (χ2n) is 4.45. The van der Waals surface area contributed by atoms with Gasteiger partial charge < -0.3 is 4.98 Å². The molecule has 0 aliphatic carbocycles. The summed E-state index contributed by atoms with van der Waals surface area (Å²) in [5.41, 5.74) is 1.13. The summed E-state index contributed by atoms with van der Waals surface area (Å²) in [6, 6.07) is 10.8. The lowest BCUT2D eigenvalue weighted by Crippen LogP contribution is -2.06. The molecule has 7 heteroatoms. The summed E-state index contributed by atoms with van der Waals surface area (Å²) in [4.78, 5) is 2.99. The summed E-state index contributed by atoms with van der Waals surface area (Å²) in [6.45, 7) is 0. The van der Waals surface area contributed by atoms with Crippen LogP contribution in [0.15, 0.2) is 46.9 Å². The Morgan fingerprint density at radius 1 is 1.10 bits per heavy atom. The Morgan fingerprint density at radius 2 is 1.81 bits per heavy atom. The van der Waals surface area contributed by atoms with Crippen molar-refractivity contribution in [3.05, 3.63) is 57.3 Å². The van der Waals surface area contributed by atoms with Crippen LogP contribution in [0.2, 0.25) is 0 Å². The summed E-state index contributed by atoms with van der Waals surface area (Å²) in [6.07, 6.45) is -4.40. The number of aromatic amines is 1. The van der Waals surface area contributed by atoms with E-state index in [0.29, 0.717) is 14.9 Å². The van der Waals surface area contributed by atoms with E-state index in [0.717, 1.165) is 23.2 Å². The molecular formula is C14H8BrF3N2S. The minimum Gasteiger partial charge on any atom is -0.330 e. The van der Waals surface area contributed by atoms with E-state index in [1.54, 1.807) is 10.6 Å². The van der Waals surface area contributed by atoms with Crippen molar-refractivity contribution in [2.75, 3.05) is 0 Å². The third-order valence-corrected chi connectivity index (χ3v) is 4.06. The van der Waals surface area contributed by atoms with Gasteiger partial charge in [0.1, 0.15) is 0 Å². The van der Waals surface area contributed by atoms with Crippen LogP contribution in [0.25, 0.3) is 16.7 Å². The Kier molecular flexibility index (Phi) is 3.41. The molecule has 1 aromatic heterocycles. The molecule has 0 radical (unpaired) electrons. The predicted octanol–water partition coefficient (Wildman–Crippen LogP) is 5.47. The highest BCUT2D eigenvalue weighted by Crippen LogP contribution is 2.34. The summed E-state index contributed by atoms with van der Waals surface area (Å²) in [5.74, 6) is 0. The smallest absolute Gasteiger partial charge is 0.330 e. The zero-order chi connectivity index (χ0) is 15.2. The number of nitrogens with one attached hydrogen (secondary N) is 1. The molecule has 0 spiro atoms. The molecule has 1 N–H and O–H groups in total. The molecule has 0 aliphatic heterocycles. The van der Waals surface area contributed by atoms with E-state index in [2.05, 4.69) is 20.9 Å². The quantitative estimate of drug-likeness (QED) is 0.561. The lowest BCUT2D eigenvalue weighted by atomic mass is 10.2. The minimum atomic E-state index is -4.40. The molecule has 21 heavy (non-hydrogen) atoms. The number of imidazole rings is 1. The number of halogens is 4. The van der Waals surface area contributed by atoms with Gasteiger partial charge in [-0.15, -0.1) is 0 Å². The van der Waals surface area contributed by atoms with Crippen LogP contribution in [0.1, 0.15) is 5.56 Å². The van der Waals surface area contributed by atoms with Gasteiger partial charge >= 0.3 is 6.18 Å². The van der Waals surface area contributed by atoms with Crippen LogP contribution in [0.3, 0.4) is 0 Å². The van der Waals surface area contributed by atoms with Crippen molar-refractivity contribution in [1.82, 2.24) is 9.55 Å². The third-order valence-electron chi connectivity index (χ3n) is 3.10. The average molecular weight is 373 g/mol. The van der Waals surface area contributed by atoms with Crippen LogP contribution in [-0.4, -0.2) is 9.55 Å². The number of hydrogen-bond donors (Lipinski definition) is 1. The fourth-order valence-electron chi connectivity index (χ4n) is 2.15. The van der Waals surface area contributed by atoms with Gasteiger partial charge in [0.2, 0.25) is 0 Å². The Labute approximate surface area is 131 Å². The minimum absolute atomic E-state index is 0.344. The summed E-state index contributed by atoms with van der Waals surface area (Å²) in [5, 5.41) is 0. The Balaban J connectivity index is 2.33. The van der Waals surface area contributed by atoms with Gasteiger partial charge in [0.05, 0.1) is 22.3 Å². The van der Waals surface area contributed by atoms with Gasteiger partial charge in [0.25, 0.3) is 0 Å². The van der Waals surface area contributed by atoms with Crippen molar-refractivity contribution < 1.29 is 13.2 Å². The highest BCUT2D eigenvalue weighted by Gasteiger charge is 2.31. The summed E-state index contributed by atoms with van der Waals surface area (Å²) >= 11 is 8.53. The van der Waals surface area contributed by atoms with Gasteiger partial charge in [-0.1, -0.05) is 12.1 Å². The zero-order valence-corrected chi connectivity index (χ0v) is 12.8. The second kappa shape index (κ2) is 4.99. The van der Waals surface area contributed by atoms with Crippen molar-refractivity contribution in [2.24, 2.45) is 0 Å². The summed E-state index contributed by atoms with van der Waals surface area (Å²) < 4.78 is 41.2. The monoisotopic (exact) mass is 372 g/mol. The number of aromatic nitrogens is 2. The predicted molar refractivity (Wildman–Crippen MR) is 81.2 cm³/mol. The molecule has 108 valence electrons. The molecule has 0 saturated carbocycles. The standard InChI is InChI=1S/C14H8BrF3N2S/c15-9-6-5-8(14(16,17)18)7-12(9)20-11-4-2-1-3-10(11)19-13(20)21/h1-7H,(H,19,21). The lowest BCUT2D eigenvalue weighted by Gasteiger charge is -2.12. The van der Waals surface area contributed by atoms with Crippen LogP contribution in [0.4, 0.5) is 13.2 Å². The molecule has 1 heterocycles. The SMILES string of the molecule is FC(F)(F)c1ccc(Br)c(-n2c(=S)[nH]c3ccccc32)c1. The normalized spacial score (nSPS) is 12.0. The first kappa shape index (κ1) is 14.3. The van der Waals surface area contributed by atoms with Gasteiger partial charge in [-0.25, -0.2) is 0 Å². The van der Waals surface area contributed by atoms with Crippen molar-refractivity contribution >= 4 is 39.2 Å². The molecule has 2 nitrogen and oxygen atoms in total. The maximum atomic E-state index is 12.9. The number of alkyl halides is 3. The van der Waals surface area contributed by atoms with Gasteiger partial charge in [0, 0.05) is 4.47 Å². The first-order chi connectivity index (χ1) is 9.88. The second-order valence-corrected chi connectivity index (χ2v) is 5.69. The highest BCUT2D eigenvalue weighted by molar-refractivity contribution is 9.10. The number of para-hydroxylation sites is 2. The van der Waals surface area contributed by atoms with E-state index in [4.69, 9.17) is 12.2 Å². The lowest BCUT2D eigenvalue weighted by molar-refractivity contribution is -0.137. The average Bonchev–Trinajstić information content (AvgIpc) is 2.74. The van der Waals surface area contributed by atoms with Gasteiger partial charge in [-0.2, -0.15) is 13.2 Å². The van der Waals surface area contributed by atoms with Crippen LogP contribution in [0.5, 0.6) is 0 Å². The Hall–Kier alpha value is -1.60. The molecule has 0 fully saturated rings. The van der Waals surface area contributed by atoms with Crippen molar-refractivity contribution in [3.8, 4) is 5.69 Å². The molecule has 0 atom stereocenters. The maximum Gasteiger partial charge on any atom is 0.416 e. The number of H-pyrrole nitrogens is 1. The van der Waals surface area contributed by atoms with Crippen LogP contribution in [0, 0.1) is 4.77 Å². The Bertz CT molecular complexity index is 880. The van der Waals surface area contributed by atoms with Gasteiger partial charge in [-0.05, 0) is 58.5 Å². The van der Waals surface area contributed by atoms with Gasteiger partial charge in [0.15, 0.2) is 4.77 Å². The molecule has 0 amide bonds. The van der Waals surface area contributed by atoms with E-state index in [1.165, 1.54) is 6.07 Å². The first-order valence-corrected chi connectivity index (χ1v) is 7.15. The molecule has 0 unspecified atom stereocenters. The number of benzene rings is 2. The number of fused-ring (bicyclic) bond motifs is 1. The molecule has 0 bridgehead atoms. The van der Waals surface area contributed by atoms with Crippen molar-refractivity contribution in [1.29, 1.82) is 0 Å². The van der Waals surface area contributed by atoms with E-state index in [9.17, 15) is 13.2 Å². The van der Waals surface area contributed by atoms with E-state index < -0.39 is 11.7 Å². The number of hydrogen-bond acceptors (Lipinski definition) is 1. The zero-order valence-electron chi connectivity index (χ0n) is 10.4. The molecule has 0 aliphatic rings. The molecule has 2 aromatic carbocycles. The van der Waals surface area contributed by atoms with E-state index in [1.807, 2.05) is 18.2 Å². The first-order valence-electron chi connectivity index (χ1n) is 5.95. The molecule has 3 aromatic rings. The third kappa shape index (κ3) is 2.51. The summed E-state index contributed by atoms with van der Waals surface area (Å²) in [7, 11) is 0. The maximum absolute atomic E-state index is 12.9. The van der Waals surface area contributed by atoms with Crippen LogP contribution >= 0.6 is 28.1 Å². The highest BCUT2D eigenvalue weighted by atomic mass is 79.9. The molecule has 0 saturated heterocycles. The van der Waals surface area contributed by atoms with Crippen LogP contribution < -0.4 is 0 Å². The van der Waals surface area contributed by atoms with Crippen molar-refractivity contribution in [2.45, 2.75) is 6.18 Å². The number of rotatable bonds is 1. The number of nitrogens with zero attached hydrogens (tertiary/aromatic N) is 1. The largest absolute Gasteiger partial charge is 0.416 e.